The zero-order valence-corrected chi connectivity index (χ0v) is 18.8. The summed E-state index contributed by atoms with van der Waals surface area (Å²) in [5.74, 6) is -0.0886. The predicted molar refractivity (Wildman–Crippen MR) is 126 cm³/mol. The molecule has 3 N–H and O–H groups in total. The van der Waals surface area contributed by atoms with E-state index in [0.29, 0.717) is 29.2 Å². The van der Waals surface area contributed by atoms with Gasteiger partial charge in [0.05, 0.1) is 12.2 Å². The molecular weight excluding hydrogens is 408 g/mol. The van der Waals surface area contributed by atoms with Crippen molar-refractivity contribution in [3.63, 3.8) is 0 Å². The van der Waals surface area contributed by atoms with E-state index in [1.165, 1.54) is 11.3 Å². The Labute approximate surface area is 187 Å². The van der Waals surface area contributed by atoms with E-state index in [0.717, 1.165) is 41.0 Å². The van der Waals surface area contributed by atoms with Crippen LogP contribution in [-0.4, -0.2) is 18.4 Å². The van der Waals surface area contributed by atoms with Crippen LogP contribution < -0.4 is 15.8 Å². The van der Waals surface area contributed by atoms with Crippen molar-refractivity contribution in [3.8, 4) is 5.75 Å². The van der Waals surface area contributed by atoms with Gasteiger partial charge in [-0.15, -0.1) is 11.3 Å². The minimum atomic E-state index is -0.542. The van der Waals surface area contributed by atoms with Crippen LogP contribution in [0.15, 0.2) is 54.6 Å². The SMILES string of the molecule is CCCCCOc1ccc(C(=O)Nc2sc(Cc3ccccc3)c(C)c2C(N)=O)cc1. The first-order chi connectivity index (χ1) is 15.0. The molecule has 2 amide bonds. The fraction of sp³-hybridized carbons (Fsp3) is 0.280. The van der Waals surface area contributed by atoms with Crippen LogP contribution >= 0.6 is 11.3 Å². The van der Waals surface area contributed by atoms with E-state index in [4.69, 9.17) is 10.5 Å². The van der Waals surface area contributed by atoms with Gasteiger partial charge in [0.25, 0.3) is 11.8 Å². The molecule has 3 rings (SSSR count). The van der Waals surface area contributed by atoms with Gasteiger partial charge in [0, 0.05) is 16.9 Å². The second-order valence-corrected chi connectivity index (χ2v) is 8.52. The highest BCUT2D eigenvalue weighted by Gasteiger charge is 2.21. The maximum absolute atomic E-state index is 12.8. The van der Waals surface area contributed by atoms with Gasteiger partial charge in [0.1, 0.15) is 10.8 Å². The number of ether oxygens (including phenoxy) is 1. The van der Waals surface area contributed by atoms with Crippen LogP contribution in [0.3, 0.4) is 0 Å². The van der Waals surface area contributed by atoms with Crippen molar-refractivity contribution in [2.75, 3.05) is 11.9 Å². The zero-order chi connectivity index (χ0) is 22.2. The number of benzene rings is 2. The Bertz CT molecular complexity index is 1030. The van der Waals surface area contributed by atoms with E-state index in [-0.39, 0.29) is 5.91 Å². The predicted octanol–water partition coefficient (Wildman–Crippen LogP) is 5.57. The fourth-order valence-corrected chi connectivity index (χ4v) is 4.55. The lowest BCUT2D eigenvalue weighted by atomic mass is 10.1. The van der Waals surface area contributed by atoms with Gasteiger partial charge in [-0.05, 0) is 48.7 Å². The van der Waals surface area contributed by atoms with Crippen molar-refractivity contribution < 1.29 is 14.3 Å². The molecule has 0 aliphatic heterocycles. The number of amides is 2. The molecule has 0 spiro atoms. The number of nitrogens with two attached hydrogens (primary N) is 1. The van der Waals surface area contributed by atoms with Crippen molar-refractivity contribution in [3.05, 3.63) is 81.7 Å². The standard InChI is InChI=1S/C25H28N2O3S/c1-3-4-8-15-30-20-13-11-19(12-14-20)24(29)27-25-22(23(26)28)17(2)21(31-25)16-18-9-6-5-7-10-18/h5-7,9-14H,3-4,8,15-16H2,1-2H3,(H2,26,28)(H,27,29). The van der Waals surface area contributed by atoms with Crippen LogP contribution in [-0.2, 0) is 6.42 Å². The number of rotatable bonds is 10. The number of primary amides is 1. The highest BCUT2D eigenvalue weighted by Crippen LogP contribution is 2.34. The Kier molecular flexibility index (Phi) is 7.84. The van der Waals surface area contributed by atoms with E-state index < -0.39 is 5.91 Å². The molecule has 3 aromatic rings. The summed E-state index contributed by atoms with van der Waals surface area (Å²) in [6, 6.07) is 17.0. The van der Waals surface area contributed by atoms with E-state index in [1.54, 1.807) is 24.3 Å². The lowest BCUT2D eigenvalue weighted by Crippen LogP contribution is -2.17. The Morgan fingerprint density at radius 3 is 2.39 bits per heavy atom. The van der Waals surface area contributed by atoms with Crippen LogP contribution in [0.4, 0.5) is 5.00 Å². The molecule has 0 saturated heterocycles. The van der Waals surface area contributed by atoms with E-state index in [2.05, 4.69) is 12.2 Å². The summed E-state index contributed by atoms with van der Waals surface area (Å²) >= 11 is 1.39. The Hall–Kier alpha value is -3.12. The maximum atomic E-state index is 12.8. The van der Waals surface area contributed by atoms with E-state index >= 15 is 0 Å². The second-order valence-electron chi connectivity index (χ2n) is 7.42. The molecule has 0 aliphatic rings. The summed E-state index contributed by atoms with van der Waals surface area (Å²) in [5.41, 5.74) is 8.44. The van der Waals surface area contributed by atoms with Gasteiger partial charge in [0.2, 0.25) is 0 Å². The molecule has 0 aliphatic carbocycles. The number of nitrogens with one attached hydrogen (secondary N) is 1. The number of carbonyl (C=O) groups excluding carboxylic acids is 2. The first-order valence-electron chi connectivity index (χ1n) is 10.5. The van der Waals surface area contributed by atoms with Crippen LogP contribution in [0.5, 0.6) is 5.75 Å². The lowest BCUT2D eigenvalue weighted by molar-refractivity contribution is 0.100. The summed E-state index contributed by atoms with van der Waals surface area (Å²) in [6.07, 6.45) is 3.97. The number of thiophene rings is 1. The first-order valence-corrected chi connectivity index (χ1v) is 11.3. The van der Waals surface area contributed by atoms with Gasteiger partial charge in [-0.2, -0.15) is 0 Å². The quantitative estimate of drug-likeness (QED) is 0.408. The highest BCUT2D eigenvalue weighted by molar-refractivity contribution is 7.17. The van der Waals surface area contributed by atoms with Crippen LogP contribution in [0.2, 0.25) is 0 Å². The molecule has 0 bridgehead atoms. The molecule has 0 radical (unpaired) electrons. The monoisotopic (exact) mass is 436 g/mol. The van der Waals surface area contributed by atoms with Gasteiger partial charge in [-0.25, -0.2) is 0 Å². The number of unbranched alkanes of at least 4 members (excludes halogenated alkanes) is 2. The molecule has 5 nitrogen and oxygen atoms in total. The molecule has 1 heterocycles. The number of hydrogen-bond donors (Lipinski definition) is 2. The van der Waals surface area contributed by atoms with Gasteiger partial charge in [-0.3, -0.25) is 9.59 Å². The minimum Gasteiger partial charge on any atom is -0.494 e. The largest absolute Gasteiger partial charge is 0.494 e. The summed E-state index contributed by atoms with van der Waals surface area (Å²) in [5, 5.41) is 3.36. The highest BCUT2D eigenvalue weighted by atomic mass is 32.1. The molecule has 1 aromatic heterocycles. The van der Waals surface area contributed by atoms with Crippen LogP contribution in [0.1, 0.15) is 62.9 Å². The molecular formula is C25H28N2O3S. The Morgan fingerprint density at radius 1 is 1.03 bits per heavy atom. The van der Waals surface area contributed by atoms with Crippen molar-refractivity contribution in [1.82, 2.24) is 0 Å². The van der Waals surface area contributed by atoms with Crippen molar-refractivity contribution in [1.29, 1.82) is 0 Å². The molecule has 31 heavy (non-hydrogen) atoms. The average molecular weight is 437 g/mol. The first kappa shape index (κ1) is 22.6. The minimum absolute atomic E-state index is 0.285. The van der Waals surface area contributed by atoms with Crippen LogP contribution in [0, 0.1) is 6.92 Å². The summed E-state index contributed by atoms with van der Waals surface area (Å²) < 4.78 is 5.70. The van der Waals surface area contributed by atoms with E-state index in [1.807, 2.05) is 37.3 Å². The van der Waals surface area contributed by atoms with Crippen molar-refractivity contribution >= 4 is 28.2 Å². The third kappa shape index (κ3) is 5.95. The summed E-state index contributed by atoms with van der Waals surface area (Å²) in [7, 11) is 0. The Morgan fingerprint density at radius 2 is 1.74 bits per heavy atom. The molecule has 0 saturated carbocycles. The van der Waals surface area contributed by atoms with Gasteiger partial charge in [-0.1, -0.05) is 50.1 Å². The number of anilines is 1. The van der Waals surface area contributed by atoms with Gasteiger partial charge >= 0.3 is 0 Å². The van der Waals surface area contributed by atoms with Crippen molar-refractivity contribution in [2.45, 2.75) is 39.5 Å². The molecule has 0 fully saturated rings. The Balaban J connectivity index is 1.73. The lowest BCUT2D eigenvalue weighted by Gasteiger charge is -2.08. The van der Waals surface area contributed by atoms with Crippen LogP contribution in [0.25, 0.3) is 0 Å². The number of carbonyl (C=O) groups is 2. The van der Waals surface area contributed by atoms with Gasteiger partial charge < -0.3 is 15.8 Å². The molecule has 2 aromatic carbocycles. The molecule has 6 heteroatoms. The van der Waals surface area contributed by atoms with E-state index in [9.17, 15) is 9.59 Å². The zero-order valence-electron chi connectivity index (χ0n) is 17.9. The maximum Gasteiger partial charge on any atom is 0.256 e. The normalized spacial score (nSPS) is 10.6. The average Bonchev–Trinajstić information content (AvgIpc) is 3.07. The van der Waals surface area contributed by atoms with Crippen molar-refractivity contribution in [2.24, 2.45) is 5.73 Å². The third-order valence-corrected chi connectivity index (χ3v) is 6.27. The number of hydrogen-bond acceptors (Lipinski definition) is 4. The molecule has 0 atom stereocenters. The summed E-state index contributed by atoms with van der Waals surface area (Å²) in [4.78, 5) is 25.9. The second kappa shape index (κ2) is 10.8. The summed E-state index contributed by atoms with van der Waals surface area (Å²) in [6.45, 7) is 4.69. The third-order valence-electron chi connectivity index (χ3n) is 5.06. The smallest absolute Gasteiger partial charge is 0.256 e. The molecule has 0 unspecified atom stereocenters. The van der Waals surface area contributed by atoms with Gasteiger partial charge in [0.15, 0.2) is 0 Å². The molecule has 162 valence electrons. The topological polar surface area (TPSA) is 81.4 Å². The fourth-order valence-electron chi connectivity index (χ4n) is 3.32.